The molecule has 128 valence electrons. The molecule has 0 N–H and O–H groups in total. The van der Waals surface area contributed by atoms with Gasteiger partial charge in [-0.1, -0.05) is 26.0 Å². The Morgan fingerprint density at radius 1 is 1.25 bits per heavy atom. The average molecular weight is 328 g/mol. The SMILES string of the molecule is COc1ccc(CN2Cc3nnc(CC(C)C)n3[C@@H](C)C2=O)cc1. The second kappa shape index (κ2) is 6.63. The number of amides is 1. The minimum absolute atomic E-state index is 0.114. The number of rotatable bonds is 5. The normalized spacial score (nSPS) is 17.3. The van der Waals surface area contributed by atoms with Crippen molar-refractivity contribution in [2.24, 2.45) is 5.92 Å². The van der Waals surface area contributed by atoms with E-state index in [-0.39, 0.29) is 11.9 Å². The van der Waals surface area contributed by atoms with Gasteiger partial charge in [0.1, 0.15) is 17.6 Å². The Balaban J connectivity index is 1.80. The van der Waals surface area contributed by atoms with Gasteiger partial charge in [-0.05, 0) is 30.5 Å². The summed E-state index contributed by atoms with van der Waals surface area (Å²) in [4.78, 5) is 14.6. The van der Waals surface area contributed by atoms with Gasteiger partial charge in [0.15, 0.2) is 5.82 Å². The number of carbonyl (C=O) groups is 1. The van der Waals surface area contributed by atoms with Crippen LogP contribution < -0.4 is 4.74 Å². The Hall–Kier alpha value is -2.37. The van der Waals surface area contributed by atoms with Gasteiger partial charge >= 0.3 is 0 Å². The highest BCUT2D eigenvalue weighted by Crippen LogP contribution is 2.25. The van der Waals surface area contributed by atoms with Crippen molar-refractivity contribution < 1.29 is 9.53 Å². The molecule has 2 aromatic rings. The molecule has 1 amide bonds. The third kappa shape index (κ3) is 3.13. The molecule has 0 aliphatic carbocycles. The van der Waals surface area contributed by atoms with Crippen LogP contribution in [0.2, 0.25) is 0 Å². The predicted molar refractivity (Wildman–Crippen MR) is 90.5 cm³/mol. The average Bonchev–Trinajstić information content (AvgIpc) is 2.95. The molecular formula is C18H24N4O2. The largest absolute Gasteiger partial charge is 0.497 e. The maximum atomic E-state index is 12.8. The van der Waals surface area contributed by atoms with Crippen LogP contribution in [0.5, 0.6) is 5.75 Å². The van der Waals surface area contributed by atoms with E-state index in [0.29, 0.717) is 19.0 Å². The summed E-state index contributed by atoms with van der Waals surface area (Å²) in [6.45, 7) is 7.29. The quantitative estimate of drug-likeness (QED) is 0.846. The molecule has 0 saturated carbocycles. The maximum Gasteiger partial charge on any atom is 0.246 e. The molecule has 1 atom stereocenters. The summed E-state index contributed by atoms with van der Waals surface area (Å²) >= 11 is 0. The number of nitrogens with zero attached hydrogens (tertiary/aromatic N) is 4. The molecule has 0 unspecified atom stereocenters. The van der Waals surface area contributed by atoms with Gasteiger partial charge in [0, 0.05) is 13.0 Å². The Morgan fingerprint density at radius 2 is 1.96 bits per heavy atom. The molecule has 1 aromatic carbocycles. The highest BCUT2D eigenvalue weighted by molar-refractivity contribution is 5.81. The molecule has 0 fully saturated rings. The molecular weight excluding hydrogens is 304 g/mol. The van der Waals surface area contributed by atoms with Crippen molar-refractivity contribution in [3.05, 3.63) is 41.5 Å². The third-order valence-corrected chi connectivity index (χ3v) is 4.35. The number of carbonyl (C=O) groups excluding carboxylic acids is 1. The third-order valence-electron chi connectivity index (χ3n) is 4.35. The van der Waals surface area contributed by atoms with Crippen LogP contribution >= 0.6 is 0 Å². The molecule has 1 aliphatic heterocycles. The molecule has 6 heteroatoms. The van der Waals surface area contributed by atoms with Crippen molar-refractivity contribution in [2.45, 2.75) is 46.3 Å². The van der Waals surface area contributed by atoms with E-state index in [4.69, 9.17) is 4.74 Å². The monoisotopic (exact) mass is 328 g/mol. The molecule has 6 nitrogen and oxygen atoms in total. The van der Waals surface area contributed by atoms with Crippen molar-refractivity contribution in [1.29, 1.82) is 0 Å². The van der Waals surface area contributed by atoms with Crippen molar-refractivity contribution >= 4 is 5.91 Å². The number of ether oxygens (including phenoxy) is 1. The number of methoxy groups -OCH3 is 1. The first kappa shape index (κ1) is 16.5. The van der Waals surface area contributed by atoms with E-state index < -0.39 is 0 Å². The van der Waals surface area contributed by atoms with Crippen LogP contribution in [0.1, 0.15) is 44.0 Å². The predicted octanol–water partition coefficient (Wildman–Crippen LogP) is 2.59. The van der Waals surface area contributed by atoms with E-state index in [1.54, 1.807) is 7.11 Å². The molecule has 2 heterocycles. The number of hydrogen-bond acceptors (Lipinski definition) is 4. The number of fused-ring (bicyclic) bond motifs is 1. The van der Waals surface area contributed by atoms with E-state index in [2.05, 4.69) is 24.0 Å². The van der Waals surface area contributed by atoms with Crippen LogP contribution in [0.25, 0.3) is 0 Å². The van der Waals surface area contributed by atoms with Crippen molar-refractivity contribution in [3.63, 3.8) is 0 Å². The zero-order valence-electron chi connectivity index (χ0n) is 14.7. The van der Waals surface area contributed by atoms with Gasteiger partial charge in [-0.25, -0.2) is 0 Å². The van der Waals surface area contributed by atoms with Gasteiger partial charge in [-0.3, -0.25) is 4.79 Å². The highest BCUT2D eigenvalue weighted by atomic mass is 16.5. The summed E-state index contributed by atoms with van der Waals surface area (Å²) in [6.07, 6.45) is 0.836. The molecule has 0 saturated heterocycles. The van der Waals surface area contributed by atoms with E-state index in [9.17, 15) is 4.79 Å². The summed E-state index contributed by atoms with van der Waals surface area (Å²) in [5.41, 5.74) is 1.08. The highest BCUT2D eigenvalue weighted by Gasteiger charge is 2.33. The van der Waals surface area contributed by atoms with Gasteiger partial charge in [-0.2, -0.15) is 0 Å². The molecule has 0 bridgehead atoms. The zero-order valence-corrected chi connectivity index (χ0v) is 14.7. The van der Waals surface area contributed by atoms with Crippen LogP contribution in [0.15, 0.2) is 24.3 Å². The Kier molecular flexibility index (Phi) is 4.55. The number of benzene rings is 1. The van der Waals surface area contributed by atoms with E-state index in [1.165, 1.54) is 0 Å². The van der Waals surface area contributed by atoms with Crippen LogP contribution in [0.4, 0.5) is 0 Å². The lowest BCUT2D eigenvalue weighted by Gasteiger charge is -2.32. The summed E-state index contributed by atoms with van der Waals surface area (Å²) in [7, 11) is 1.65. The van der Waals surface area contributed by atoms with E-state index >= 15 is 0 Å². The zero-order chi connectivity index (χ0) is 17.3. The van der Waals surface area contributed by atoms with Gasteiger partial charge in [0.2, 0.25) is 5.91 Å². The van der Waals surface area contributed by atoms with Gasteiger partial charge in [0.05, 0.1) is 13.7 Å². The summed E-state index contributed by atoms with van der Waals surface area (Å²) in [5, 5.41) is 8.62. The molecule has 0 radical (unpaired) electrons. The first-order valence-corrected chi connectivity index (χ1v) is 8.34. The number of aromatic nitrogens is 3. The van der Waals surface area contributed by atoms with Crippen LogP contribution in [0, 0.1) is 5.92 Å². The molecule has 0 spiro atoms. The smallest absolute Gasteiger partial charge is 0.246 e. The fourth-order valence-electron chi connectivity index (χ4n) is 3.13. The van der Waals surface area contributed by atoms with Crippen LogP contribution in [-0.2, 0) is 24.3 Å². The Morgan fingerprint density at radius 3 is 2.58 bits per heavy atom. The van der Waals surface area contributed by atoms with Gasteiger partial charge < -0.3 is 14.2 Å². The Bertz CT molecular complexity index is 721. The van der Waals surface area contributed by atoms with E-state index in [0.717, 1.165) is 29.4 Å². The molecule has 24 heavy (non-hydrogen) atoms. The van der Waals surface area contributed by atoms with Crippen molar-refractivity contribution in [3.8, 4) is 5.75 Å². The molecule has 3 rings (SSSR count). The van der Waals surface area contributed by atoms with Gasteiger partial charge in [0.25, 0.3) is 0 Å². The van der Waals surface area contributed by atoms with E-state index in [1.807, 2.05) is 40.7 Å². The van der Waals surface area contributed by atoms with Gasteiger partial charge in [-0.15, -0.1) is 10.2 Å². The summed E-state index contributed by atoms with van der Waals surface area (Å²) in [6, 6.07) is 7.55. The first-order chi connectivity index (χ1) is 11.5. The molecule has 1 aromatic heterocycles. The summed E-state index contributed by atoms with van der Waals surface area (Å²) in [5.74, 6) is 3.19. The Labute approximate surface area is 142 Å². The lowest BCUT2D eigenvalue weighted by Crippen LogP contribution is -2.41. The fraction of sp³-hybridized carbons (Fsp3) is 0.500. The second-order valence-electron chi connectivity index (χ2n) is 6.72. The lowest BCUT2D eigenvalue weighted by molar-refractivity contribution is -0.137. The fourth-order valence-corrected chi connectivity index (χ4v) is 3.13. The van der Waals surface area contributed by atoms with Crippen molar-refractivity contribution in [1.82, 2.24) is 19.7 Å². The topological polar surface area (TPSA) is 60.2 Å². The lowest BCUT2D eigenvalue weighted by atomic mass is 10.1. The maximum absolute atomic E-state index is 12.8. The first-order valence-electron chi connectivity index (χ1n) is 8.34. The minimum Gasteiger partial charge on any atom is -0.497 e. The standard InChI is InChI=1S/C18H24N4O2/c1-12(2)9-16-19-20-17-11-21(18(23)13(3)22(16)17)10-14-5-7-15(24-4)8-6-14/h5-8,12-13H,9-11H2,1-4H3/t13-/m0/s1. The van der Waals surface area contributed by atoms with Crippen LogP contribution in [0.3, 0.4) is 0 Å². The van der Waals surface area contributed by atoms with Crippen molar-refractivity contribution in [2.75, 3.05) is 7.11 Å². The second-order valence-corrected chi connectivity index (χ2v) is 6.72. The summed E-state index contributed by atoms with van der Waals surface area (Å²) < 4.78 is 7.18. The number of hydrogen-bond donors (Lipinski definition) is 0. The van der Waals surface area contributed by atoms with Crippen LogP contribution in [-0.4, -0.2) is 32.7 Å². The minimum atomic E-state index is -0.254. The molecule has 1 aliphatic rings.